The Balaban J connectivity index is 1.57. The largest absolute Gasteiger partial charge is 0.454 e. The zero-order valence-electron chi connectivity index (χ0n) is 14.7. The van der Waals surface area contributed by atoms with Gasteiger partial charge in [-0.1, -0.05) is 0 Å². The number of aryl methyl sites for hydroxylation is 3. The molecule has 7 heteroatoms. The smallest absolute Gasteiger partial charge is 0.322 e. The molecular weight excluding hydrogens is 320 g/mol. The van der Waals surface area contributed by atoms with E-state index in [1.165, 1.54) is 0 Å². The molecule has 0 bridgehead atoms. The number of anilines is 1. The number of nitrogens with one attached hydrogen (secondary N) is 2. The van der Waals surface area contributed by atoms with Gasteiger partial charge in [-0.25, -0.2) is 4.79 Å². The van der Waals surface area contributed by atoms with Crippen LogP contribution in [0.1, 0.15) is 41.4 Å². The Morgan fingerprint density at radius 3 is 2.76 bits per heavy atom. The van der Waals surface area contributed by atoms with Crippen molar-refractivity contribution in [2.24, 2.45) is 0 Å². The highest BCUT2D eigenvalue weighted by molar-refractivity contribution is 5.91. The Bertz CT molecular complexity index is 810. The highest BCUT2D eigenvalue weighted by Crippen LogP contribution is 2.38. The van der Waals surface area contributed by atoms with Crippen LogP contribution in [-0.2, 0) is 0 Å². The van der Waals surface area contributed by atoms with E-state index in [9.17, 15) is 4.79 Å². The average molecular weight is 342 g/mol. The van der Waals surface area contributed by atoms with Gasteiger partial charge in [0.25, 0.3) is 0 Å². The fraction of sp³-hybridized carbons (Fsp3) is 0.444. The number of aromatic nitrogens is 2. The SMILES string of the molecule is Cc1cc2c(cc1NC(=O)N1CCCC1c1c(C)n[nH]c1C)OCO2. The number of amides is 2. The fourth-order valence-electron chi connectivity index (χ4n) is 3.73. The minimum absolute atomic E-state index is 0.0630. The topological polar surface area (TPSA) is 79.5 Å². The van der Waals surface area contributed by atoms with Gasteiger partial charge in [0.1, 0.15) is 0 Å². The number of fused-ring (bicyclic) bond motifs is 1. The molecule has 0 saturated carbocycles. The van der Waals surface area contributed by atoms with Crippen LogP contribution in [0.4, 0.5) is 10.5 Å². The number of carbonyl (C=O) groups is 1. The number of urea groups is 1. The van der Waals surface area contributed by atoms with Gasteiger partial charge in [-0.2, -0.15) is 5.10 Å². The summed E-state index contributed by atoms with van der Waals surface area (Å²) < 4.78 is 10.8. The van der Waals surface area contributed by atoms with E-state index < -0.39 is 0 Å². The van der Waals surface area contributed by atoms with Gasteiger partial charge in [0.2, 0.25) is 6.79 Å². The minimum atomic E-state index is -0.0931. The lowest BCUT2D eigenvalue weighted by Gasteiger charge is -2.26. The predicted molar refractivity (Wildman–Crippen MR) is 93.1 cm³/mol. The molecule has 0 radical (unpaired) electrons. The van der Waals surface area contributed by atoms with Crippen molar-refractivity contribution < 1.29 is 14.3 Å². The zero-order valence-corrected chi connectivity index (χ0v) is 14.7. The maximum Gasteiger partial charge on any atom is 0.322 e. The van der Waals surface area contributed by atoms with Gasteiger partial charge in [0.05, 0.1) is 11.7 Å². The van der Waals surface area contributed by atoms with Crippen molar-refractivity contribution in [1.29, 1.82) is 0 Å². The third kappa shape index (κ3) is 2.69. The molecule has 2 aliphatic rings. The summed E-state index contributed by atoms with van der Waals surface area (Å²) in [6.45, 7) is 6.90. The molecule has 2 amide bonds. The lowest BCUT2D eigenvalue weighted by molar-refractivity contribution is 0.174. The number of hydrogen-bond donors (Lipinski definition) is 2. The fourth-order valence-corrected chi connectivity index (χ4v) is 3.73. The molecule has 1 saturated heterocycles. The standard InChI is InChI=1S/C18H22N4O3/c1-10-7-15-16(25-9-24-15)8-13(10)19-18(23)22-6-4-5-14(22)17-11(2)20-21-12(17)3/h7-8,14H,4-6,9H2,1-3H3,(H,19,23)(H,20,21). The lowest BCUT2D eigenvalue weighted by atomic mass is 10.0. The first-order valence-electron chi connectivity index (χ1n) is 8.54. The van der Waals surface area contributed by atoms with Crippen molar-refractivity contribution in [3.8, 4) is 11.5 Å². The highest BCUT2D eigenvalue weighted by Gasteiger charge is 2.33. The van der Waals surface area contributed by atoms with Crippen molar-refractivity contribution in [1.82, 2.24) is 15.1 Å². The van der Waals surface area contributed by atoms with Gasteiger partial charge in [-0.3, -0.25) is 5.10 Å². The van der Waals surface area contributed by atoms with Crippen LogP contribution >= 0.6 is 0 Å². The van der Waals surface area contributed by atoms with Crippen molar-refractivity contribution in [2.75, 3.05) is 18.7 Å². The van der Waals surface area contributed by atoms with Crippen LogP contribution in [0.2, 0.25) is 0 Å². The minimum Gasteiger partial charge on any atom is -0.454 e. The molecular formula is C18H22N4O3. The number of ether oxygens (including phenoxy) is 2. The summed E-state index contributed by atoms with van der Waals surface area (Å²) in [5.41, 5.74) is 4.82. The Labute approximate surface area is 146 Å². The average Bonchev–Trinajstić information content (AvgIpc) is 3.28. The first-order valence-corrected chi connectivity index (χ1v) is 8.54. The Kier molecular flexibility index (Phi) is 3.78. The second-order valence-corrected chi connectivity index (χ2v) is 6.65. The molecule has 1 fully saturated rings. The van der Waals surface area contributed by atoms with E-state index >= 15 is 0 Å². The second kappa shape index (κ2) is 5.98. The van der Waals surface area contributed by atoms with Gasteiger partial charge < -0.3 is 19.7 Å². The van der Waals surface area contributed by atoms with Crippen molar-refractivity contribution in [3.05, 3.63) is 34.6 Å². The van der Waals surface area contributed by atoms with E-state index in [1.807, 2.05) is 37.8 Å². The summed E-state index contributed by atoms with van der Waals surface area (Å²) in [4.78, 5) is 14.8. The van der Waals surface area contributed by atoms with Gasteiger partial charge in [-0.05, 0) is 45.2 Å². The summed E-state index contributed by atoms with van der Waals surface area (Å²) in [5, 5.41) is 10.3. The maximum absolute atomic E-state index is 12.9. The summed E-state index contributed by atoms with van der Waals surface area (Å²) >= 11 is 0. The van der Waals surface area contributed by atoms with Crippen LogP contribution in [-0.4, -0.2) is 34.5 Å². The molecule has 1 atom stereocenters. The van der Waals surface area contributed by atoms with Gasteiger partial charge in [0, 0.05) is 29.6 Å². The number of hydrogen-bond acceptors (Lipinski definition) is 4. The molecule has 1 aromatic carbocycles. The molecule has 0 spiro atoms. The van der Waals surface area contributed by atoms with Crippen molar-refractivity contribution >= 4 is 11.7 Å². The molecule has 4 rings (SSSR count). The second-order valence-electron chi connectivity index (χ2n) is 6.65. The molecule has 25 heavy (non-hydrogen) atoms. The first kappa shape index (κ1) is 15.8. The third-order valence-electron chi connectivity index (χ3n) is 4.99. The number of rotatable bonds is 2. The van der Waals surface area contributed by atoms with Crippen LogP contribution in [0.25, 0.3) is 0 Å². The van der Waals surface area contributed by atoms with Gasteiger partial charge in [0.15, 0.2) is 11.5 Å². The molecule has 1 aromatic heterocycles. The van der Waals surface area contributed by atoms with Crippen LogP contribution < -0.4 is 14.8 Å². The van der Waals surface area contributed by atoms with Crippen LogP contribution in [0.5, 0.6) is 11.5 Å². The molecule has 132 valence electrons. The summed E-state index contributed by atoms with van der Waals surface area (Å²) in [5.74, 6) is 1.39. The van der Waals surface area contributed by atoms with Crippen LogP contribution in [0.15, 0.2) is 12.1 Å². The molecule has 7 nitrogen and oxygen atoms in total. The van der Waals surface area contributed by atoms with E-state index in [-0.39, 0.29) is 18.9 Å². The maximum atomic E-state index is 12.9. The van der Waals surface area contributed by atoms with E-state index in [4.69, 9.17) is 9.47 Å². The summed E-state index contributed by atoms with van der Waals surface area (Å²) in [6.07, 6.45) is 1.94. The number of nitrogens with zero attached hydrogens (tertiary/aromatic N) is 2. The number of carbonyl (C=O) groups excluding carboxylic acids is 1. The number of H-pyrrole nitrogens is 1. The molecule has 2 aromatic rings. The Morgan fingerprint density at radius 1 is 1.28 bits per heavy atom. The monoisotopic (exact) mass is 342 g/mol. The molecule has 2 aliphatic heterocycles. The van der Waals surface area contributed by atoms with Gasteiger partial charge >= 0.3 is 6.03 Å². The number of likely N-dealkylation sites (tertiary alicyclic amines) is 1. The quantitative estimate of drug-likeness (QED) is 0.876. The summed E-state index contributed by atoms with van der Waals surface area (Å²) in [7, 11) is 0. The molecule has 2 N–H and O–H groups in total. The molecule has 1 unspecified atom stereocenters. The highest BCUT2D eigenvalue weighted by atomic mass is 16.7. The lowest BCUT2D eigenvalue weighted by Crippen LogP contribution is -2.35. The van der Waals surface area contributed by atoms with E-state index in [1.54, 1.807) is 0 Å². The van der Waals surface area contributed by atoms with E-state index in [2.05, 4.69) is 15.5 Å². The zero-order chi connectivity index (χ0) is 17.6. The van der Waals surface area contributed by atoms with Crippen molar-refractivity contribution in [3.63, 3.8) is 0 Å². The molecule has 0 aliphatic carbocycles. The first-order chi connectivity index (χ1) is 12.0. The Morgan fingerprint density at radius 2 is 2.04 bits per heavy atom. The Hall–Kier alpha value is -2.70. The van der Waals surface area contributed by atoms with Crippen LogP contribution in [0.3, 0.4) is 0 Å². The third-order valence-corrected chi connectivity index (χ3v) is 4.99. The van der Waals surface area contributed by atoms with Crippen molar-refractivity contribution in [2.45, 2.75) is 39.7 Å². The summed E-state index contributed by atoms with van der Waals surface area (Å²) in [6, 6.07) is 3.69. The number of aromatic amines is 1. The predicted octanol–water partition coefficient (Wildman–Crippen LogP) is 3.43. The van der Waals surface area contributed by atoms with E-state index in [0.29, 0.717) is 5.75 Å². The normalized spacial score (nSPS) is 18.7. The molecule has 3 heterocycles. The van der Waals surface area contributed by atoms with E-state index in [0.717, 1.165) is 53.3 Å². The number of benzene rings is 1. The van der Waals surface area contributed by atoms with Crippen LogP contribution in [0, 0.1) is 20.8 Å². The van der Waals surface area contributed by atoms with Gasteiger partial charge in [-0.15, -0.1) is 0 Å².